The van der Waals surface area contributed by atoms with Crippen molar-refractivity contribution in [1.82, 2.24) is 97.5 Å². The van der Waals surface area contributed by atoms with Crippen LogP contribution < -0.4 is 81.0 Å². The Morgan fingerprint density at radius 2 is 1.05 bits per heavy atom. The SMILES string of the molecule is CNC(=O)C[C@@H]1NC(=O)[C@H](CC(C)C)NC(=O)[C@H](CC(N)=O)NC(=O)[C@H](Cc2cccnc2)N(C)C(=O)[C@@H](C)NC(=O)CSC[C@@H](C(N)=O)NC(=O)[C@H](CCCC(N)=O)NC(=O)[C@H]([C@@H](C)O)NC(=O)[C@H](Cc2cn(C)c3ccccc23)NC(=O)[C@H](CCCCNC(=O)N2CCN(CC(=O)O)CC2)NC(=O)[C@H](Cc2cn(C)c3ccccc23)NC(=O)[C@H](CCC(=O)O)N(C)C1=O. The van der Waals surface area contributed by atoms with E-state index < -0.39 is 241 Å². The zero-order valence-electron chi connectivity index (χ0n) is 74.1. The van der Waals surface area contributed by atoms with Crippen LogP contribution in [0.3, 0.4) is 0 Å². The summed E-state index contributed by atoms with van der Waals surface area (Å²) in [6.07, 6.45) is -1.48. The van der Waals surface area contributed by atoms with E-state index in [1.54, 1.807) is 109 Å². The van der Waals surface area contributed by atoms with Gasteiger partial charge in [0.05, 0.1) is 31.2 Å². The van der Waals surface area contributed by atoms with Gasteiger partial charge in [0.1, 0.15) is 72.5 Å². The van der Waals surface area contributed by atoms with Crippen LogP contribution in [0.2, 0.25) is 0 Å². The van der Waals surface area contributed by atoms with E-state index in [0.29, 0.717) is 38.5 Å². The number of rotatable bonds is 28. The van der Waals surface area contributed by atoms with Crippen molar-refractivity contribution in [2.75, 3.05) is 71.9 Å². The van der Waals surface area contributed by atoms with Gasteiger partial charge in [0, 0.05) is 152 Å². The van der Waals surface area contributed by atoms with Crippen molar-refractivity contribution in [1.29, 1.82) is 0 Å². The quantitative estimate of drug-likeness (QED) is 0.0210. The average Bonchev–Trinajstić information content (AvgIpc) is 1.64. The highest BCUT2D eigenvalue weighted by molar-refractivity contribution is 8.00. The van der Waals surface area contributed by atoms with Crippen LogP contribution >= 0.6 is 11.8 Å². The summed E-state index contributed by atoms with van der Waals surface area (Å²) >= 11 is 0.744. The number of aryl methyl sites for hydroxylation is 2. The summed E-state index contributed by atoms with van der Waals surface area (Å²) in [7, 11) is 6.88. The molecule has 2 aromatic carbocycles. The van der Waals surface area contributed by atoms with Crippen molar-refractivity contribution in [2.45, 2.75) is 196 Å². The Morgan fingerprint density at radius 3 is 1.60 bits per heavy atom. The Hall–Kier alpha value is -13.3. The van der Waals surface area contributed by atoms with Gasteiger partial charge in [0.15, 0.2) is 0 Å². The van der Waals surface area contributed by atoms with Gasteiger partial charge in [0.2, 0.25) is 94.5 Å². The minimum Gasteiger partial charge on any atom is -0.481 e. The monoisotopic (exact) mass is 1830 g/mol. The first kappa shape index (κ1) is 104. The highest BCUT2D eigenvalue weighted by Gasteiger charge is 2.42. The van der Waals surface area contributed by atoms with Crippen molar-refractivity contribution in [2.24, 2.45) is 37.2 Å². The summed E-state index contributed by atoms with van der Waals surface area (Å²) in [6.45, 7) is 6.35. The zero-order valence-corrected chi connectivity index (χ0v) is 74.9. The summed E-state index contributed by atoms with van der Waals surface area (Å²) in [6, 6.07) is -4.60. The lowest BCUT2D eigenvalue weighted by molar-refractivity contribution is -0.145. The number of amides is 18. The summed E-state index contributed by atoms with van der Waals surface area (Å²) in [5.74, 6) is -21.1. The summed E-state index contributed by atoms with van der Waals surface area (Å²) < 4.78 is 3.46. The molecule has 44 nitrogen and oxygen atoms in total. The van der Waals surface area contributed by atoms with Crippen LogP contribution in [0.15, 0.2) is 85.5 Å². The van der Waals surface area contributed by atoms with Crippen molar-refractivity contribution < 1.29 is 106 Å². The second-order valence-electron chi connectivity index (χ2n) is 32.7. The second kappa shape index (κ2) is 49.9. The number of para-hydroxylation sites is 2. The first-order chi connectivity index (χ1) is 61.5. The number of hydrogen-bond donors (Lipinski definition) is 18. The van der Waals surface area contributed by atoms with Gasteiger partial charge in [-0.25, -0.2) is 4.79 Å². The number of carbonyl (C=O) groups excluding carboxylic acids is 17. The maximum absolute atomic E-state index is 15.8. The number of aliphatic carboxylic acids is 2. The molecule has 0 radical (unpaired) electrons. The molecule has 7 rings (SSSR count). The summed E-state index contributed by atoms with van der Waals surface area (Å²) in [4.78, 5) is 278. The molecular weight excluding hydrogens is 1710 g/mol. The number of nitrogens with one attached hydrogen (secondary N) is 12. The molecule has 2 fully saturated rings. The Bertz CT molecular complexity index is 4920. The number of likely N-dealkylation sites (N-methyl/N-ethyl adjacent to an activating group) is 2. The fourth-order valence-electron chi connectivity index (χ4n) is 15.1. The second-order valence-corrected chi connectivity index (χ2v) is 33.8. The average molecular weight is 1830 g/mol. The molecule has 0 aliphatic carbocycles. The number of fused-ring (bicyclic) bond motifs is 2. The van der Waals surface area contributed by atoms with E-state index in [2.05, 4.69) is 68.8 Å². The predicted octanol–water partition coefficient (Wildman–Crippen LogP) is -4.61. The molecule has 708 valence electrons. The van der Waals surface area contributed by atoms with Gasteiger partial charge in [-0.3, -0.25) is 96.2 Å². The number of unbranched alkanes of at least 4 members (excludes halogenated alkanes) is 1. The highest BCUT2D eigenvalue weighted by atomic mass is 32.2. The molecule has 2 saturated heterocycles. The van der Waals surface area contributed by atoms with Crippen LogP contribution in [0.4, 0.5) is 4.79 Å². The number of thioether (sulfide) groups is 1. The van der Waals surface area contributed by atoms with E-state index in [9.17, 15) is 82.4 Å². The molecular formula is C85H120N22O22S. The van der Waals surface area contributed by atoms with Crippen LogP contribution in [-0.2, 0) is 120 Å². The van der Waals surface area contributed by atoms with E-state index in [4.69, 9.17) is 17.2 Å². The third-order valence-corrected chi connectivity index (χ3v) is 23.2. The molecule has 5 heterocycles. The van der Waals surface area contributed by atoms with Gasteiger partial charge in [-0.1, -0.05) is 56.3 Å². The minimum absolute atomic E-state index is 0.00557. The van der Waals surface area contributed by atoms with E-state index in [0.717, 1.165) is 35.5 Å². The number of benzene rings is 2. The Kier molecular flexibility index (Phi) is 39.8. The van der Waals surface area contributed by atoms with Crippen molar-refractivity contribution in [3.05, 3.63) is 102 Å². The molecule has 0 unspecified atom stereocenters. The lowest BCUT2D eigenvalue weighted by Crippen LogP contribution is -2.62. The lowest BCUT2D eigenvalue weighted by Gasteiger charge is -2.33. The number of hydrogen-bond acceptors (Lipinski definition) is 23. The van der Waals surface area contributed by atoms with Crippen LogP contribution in [0.5, 0.6) is 0 Å². The first-order valence-electron chi connectivity index (χ1n) is 42.6. The molecule has 2 aliphatic rings. The highest BCUT2D eigenvalue weighted by Crippen LogP contribution is 2.26. The number of aliphatic hydroxyl groups excluding tert-OH is 1. The smallest absolute Gasteiger partial charge is 0.317 e. The molecule has 2 aliphatic heterocycles. The Morgan fingerprint density at radius 1 is 0.531 bits per heavy atom. The maximum atomic E-state index is 15.8. The molecule has 45 heteroatoms. The Labute approximate surface area is 754 Å². The van der Waals surface area contributed by atoms with E-state index in [1.807, 2.05) is 0 Å². The standard InChI is InChI=1S/C85H120N22O22S/c1-46(2)34-56-76(120)99-60(39-68(111)89-5)84(128)104(8)64(26-27-70(113)114)80(124)97-57(36-50-41-102(6)62-23-12-10-19-52(50)62)77(121)93-54(21-14-15-29-91-85(129)107-32-30-106(31-33-107)43-71(115)116)74(118)96-58(37-51-42-103(7)63-24-13-11-20-53(51)63)79(123)101-72(48(4)108)82(126)94-55(22-16-25-66(86)109)75(119)100-61(73(88)117)44-130-45-69(112)92-47(3)83(127)105(9)65(35-49-18-17-28-90-40-49)81(125)98-59(38-67(87)110)78(122)95-56/h10-13,17-20,23-24,28,40-42,46-48,54-61,64-65,72,108H,14-16,21-22,25-27,29-39,43-45H2,1-9H3,(H2,86,109)(H2,87,110)(H2,88,117)(H,89,111)(H,91,129)(H,92,112)(H,93,121)(H,94,126)(H,95,122)(H,96,118)(H,97,124)(H,98,125)(H,99,120)(H,100,119)(H,101,123)(H,113,114)(H,115,116)/t47-,48-,54+,55+,56+,57+,58+,59+,60+,61+,64+,65+,72+/m1/s1. The number of nitrogens with zero attached hydrogens (tertiary/aromatic N) is 7. The number of primary amides is 3. The third-order valence-electron chi connectivity index (χ3n) is 22.1. The van der Waals surface area contributed by atoms with E-state index in [1.165, 1.54) is 44.4 Å². The van der Waals surface area contributed by atoms with Gasteiger partial charge in [0.25, 0.3) is 0 Å². The molecule has 0 bridgehead atoms. The van der Waals surface area contributed by atoms with Crippen molar-refractivity contribution >= 4 is 146 Å². The van der Waals surface area contributed by atoms with Gasteiger partial charge in [-0.2, -0.15) is 0 Å². The molecule has 0 saturated carbocycles. The van der Waals surface area contributed by atoms with Crippen LogP contribution in [0.1, 0.15) is 115 Å². The molecule has 21 N–H and O–H groups in total. The number of aromatic nitrogens is 3. The van der Waals surface area contributed by atoms with Gasteiger partial charge in [-0.15, -0.1) is 11.8 Å². The van der Waals surface area contributed by atoms with Gasteiger partial charge < -0.3 is 120 Å². The number of nitrogens with two attached hydrogens (primary N) is 3. The van der Waals surface area contributed by atoms with Crippen molar-refractivity contribution in [3.8, 4) is 0 Å². The minimum atomic E-state index is -2.00. The largest absolute Gasteiger partial charge is 0.481 e. The van der Waals surface area contributed by atoms with E-state index >= 15 is 24.0 Å². The number of carboxylic acids is 2. The predicted molar refractivity (Wildman–Crippen MR) is 472 cm³/mol. The molecule has 3 aromatic heterocycles. The molecule has 130 heavy (non-hydrogen) atoms. The lowest BCUT2D eigenvalue weighted by atomic mass is 10.00. The molecule has 13 atom stereocenters. The number of carboxylic acid groups (broad SMARTS) is 2. The van der Waals surface area contributed by atoms with Gasteiger partial charge >= 0.3 is 18.0 Å². The Balaban J connectivity index is 1.36. The normalized spacial score (nSPS) is 23.0. The summed E-state index contributed by atoms with van der Waals surface area (Å²) in [5.41, 5.74) is 19.5. The van der Waals surface area contributed by atoms with Crippen LogP contribution in [0, 0.1) is 5.92 Å². The number of pyridine rings is 1. The third kappa shape index (κ3) is 31.3. The fourth-order valence-corrected chi connectivity index (χ4v) is 16.0. The van der Waals surface area contributed by atoms with Crippen molar-refractivity contribution in [3.63, 3.8) is 0 Å². The number of urea groups is 1. The fraction of sp³-hybridized carbons (Fsp3) is 0.529. The number of aliphatic hydroxyl groups is 1. The molecule has 18 amide bonds. The number of carbonyl (C=O) groups is 19. The number of piperazine rings is 1. The molecule has 0 spiro atoms. The topological polar surface area (TPSA) is 643 Å². The van der Waals surface area contributed by atoms with Crippen LogP contribution in [0.25, 0.3) is 21.8 Å². The van der Waals surface area contributed by atoms with Crippen LogP contribution in [-0.4, -0.2) is 312 Å². The van der Waals surface area contributed by atoms with Gasteiger partial charge in [-0.05, 0) is 99.6 Å². The summed E-state index contributed by atoms with van der Waals surface area (Å²) in [5, 5.41) is 63.0. The first-order valence-corrected chi connectivity index (χ1v) is 43.7. The maximum Gasteiger partial charge on any atom is 0.317 e. The molecule has 5 aromatic rings. The zero-order chi connectivity index (χ0) is 95.9. The van der Waals surface area contributed by atoms with E-state index in [-0.39, 0.29) is 97.1 Å².